The average molecular weight is 556 g/mol. The van der Waals surface area contributed by atoms with Crippen molar-refractivity contribution >= 4 is 23.2 Å². The first-order chi connectivity index (χ1) is 20.1. The van der Waals surface area contributed by atoms with E-state index in [1.54, 1.807) is 12.1 Å². The molecule has 6 aromatic rings. The minimum atomic E-state index is -2.19. The second-order valence-corrected chi connectivity index (χ2v) is 14.0. The lowest BCUT2D eigenvalue weighted by atomic mass is 9.99. The Labute approximate surface area is 242 Å². The zero-order valence-electron chi connectivity index (χ0n) is 23.4. The van der Waals surface area contributed by atoms with E-state index in [1.807, 2.05) is 30.5 Å². The van der Waals surface area contributed by atoms with E-state index < -0.39 is 7.26 Å². The van der Waals surface area contributed by atoms with Gasteiger partial charge in [-0.1, -0.05) is 72.8 Å². The molecule has 0 aliphatic heterocycles. The number of hydrogen-bond donors (Lipinski definition) is 0. The molecule has 0 radical (unpaired) electrons. The fourth-order valence-electron chi connectivity index (χ4n) is 5.84. The van der Waals surface area contributed by atoms with Crippen LogP contribution < -0.4 is 15.9 Å². The number of benzene rings is 4. The number of rotatable bonds is 8. The summed E-state index contributed by atoms with van der Waals surface area (Å²) in [5.41, 5.74) is 5.32. The van der Waals surface area contributed by atoms with Gasteiger partial charge in [-0.05, 0) is 80.1 Å². The molecule has 0 bridgehead atoms. The third kappa shape index (κ3) is 5.14. The Morgan fingerprint density at radius 3 is 1.63 bits per heavy atom. The highest BCUT2D eigenvalue weighted by molar-refractivity contribution is 7.95. The number of halogens is 1. The SMILES string of the molecule is CC(C)n1cc(-c2ccccn2)c(-c2ccc(F)cc2)c1C[P+](c1ccccc1)(c1ccccc1)c1ccccc1. The summed E-state index contributed by atoms with van der Waals surface area (Å²) in [6.45, 7) is 4.46. The highest BCUT2D eigenvalue weighted by atomic mass is 31.2. The topological polar surface area (TPSA) is 17.8 Å². The first-order valence-corrected chi connectivity index (χ1v) is 16.0. The summed E-state index contributed by atoms with van der Waals surface area (Å²) in [5.74, 6) is -0.238. The maximum atomic E-state index is 14.2. The van der Waals surface area contributed by atoms with Crippen LogP contribution in [-0.2, 0) is 6.16 Å². The van der Waals surface area contributed by atoms with Crippen molar-refractivity contribution in [2.45, 2.75) is 26.1 Å². The van der Waals surface area contributed by atoms with E-state index in [1.165, 1.54) is 21.6 Å². The molecule has 2 aromatic heterocycles. The molecule has 0 atom stereocenters. The summed E-state index contributed by atoms with van der Waals surface area (Å²) in [6, 6.07) is 46.1. The quantitative estimate of drug-likeness (QED) is 0.172. The minimum absolute atomic E-state index is 0.214. The molecule has 0 fully saturated rings. The van der Waals surface area contributed by atoms with E-state index in [4.69, 9.17) is 4.98 Å². The third-order valence-corrected chi connectivity index (χ3v) is 12.1. The van der Waals surface area contributed by atoms with Crippen LogP contribution in [0.5, 0.6) is 0 Å². The third-order valence-electron chi connectivity index (χ3n) is 7.75. The molecule has 0 saturated heterocycles. The van der Waals surface area contributed by atoms with Gasteiger partial charge in [-0.3, -0.25) is 4.98 Å². The molecule has 0 amide bonds. The van der Waals surface area contributed by atoms with E-state index in [0.717, 1.165) is 28.5 Å². The van der Waals surface area contributed by atoms with E-state index in [0.29, 0.717) is 0 Å². The first kappa shape index (κ1) is 26.9. The molecule has 0 spiro atoms. The van der Waals surface area contributed by atoms with E-state index in [2.05, 4.69) is 122 Å². The molecule has 0 aliphatic carbocycles. The Morgan fingerprint density at radius 1 is 0.659 bits per heavy atom. The Hall–Kier alpha value is -4.33. The molecule has 4 heteroatoms. The zero-order chi connectivity index (χ0) is 28.2. The second kappa shape index (κ2) is 11.6. The largest absolute Gasteiger partial charge is 0.345 e. The Morgan fingerprint density at radius 2 is 1.17 bits per heavy atom. The smallest absolute Gasteiger partial charge is 0.123 e. The molecule has 0 unspecified atom stereocenters. The second-order valence-electron chi connectivity index (χ2n) is 10.6. The van der Waals surface area contributed by atoms with Gasteiger partial charge in [-0.25, -0.2) is 4.39 Å². The summed E-state index contributed by atoms with van der Waals surface area (Å²) in [5, 5.41) is 4.00. The van der Waals surface area contributed by atoms with Gasteiger partial charge in [0.1, 0.15) is 35.2 Å². The lowest BCUT2D eigenvalue weighted by Crippen LogP contribution is -2.33. The summed E-state index contributed by atoms with van der Waals surface area (Å²) < 4.78 is 16.6. The fraction of sp³-hybridized carbons (Fsp3) is 0.108. The van der Waals surface area contributed by atoms with Crippen LogP contribution >= 0.6 is 7.26 Å². The average Bonchev–Trinajstić information content (AvgIpc) is 3.41. The van der Waals surface area contributed by atoms with E-state index in [9.17, 15) is 4.39 Å². The normalized spacial score (nSPS) is 11.6. The molecule has 2 nitrogen and oxygen atoms in total. The summed E-state index contributed by atoms with van der Waals surface area (Å²) in [4.78, 5) is 4.76. The van der Waals surface area contributed by atoms with Crippen molar-refractivity contribution < 1.29 is 4.39 Å². The van der Waals surface area contributed by atoms with Gasteiger partial charge in [-0.15, -0.1) is 0 Å². The Bertz CT molecular complexity index is 1620. The summed E-state index contributed by atoms with van der Waals surface area (Å²) >= 11 is 0. The maximum absolute atomic E-state index is 14.2. The van der Waals surface area contributed by atoms with Gasteiger partial charge in [0.2, 0.25) is 0 Å². The van der Waals surface area contributed by atoms with Crippen LogP contribution in [0.2, 0.25) is 0 Å². The summed E-state index contributed by atoms with van der Waals surface area (Å²) in [7, 11) is -2.19. The highest BCUT2D eigenvalue weighted by Gasteiger charge is 2.47. The minimum Gasteiger partial charge on any atom is -0.345 e. The van der Waals surface area contributed by atoms with Gasteiger partial charge < -0.3 is 4.57 Å². The lowest BCUT2D eigenvalue weighted by molar-refractivity contribution is 0.587. The van der Waals surface area contributed by atoms with Crippen molar-refractivity contribution in [1.82, 2.24) is 9.55 Å². The highest BCUT2D eigenvalue weighted by Crippen LogP contribution is 2.59. The van der Waals surface area contributed by atoms with Crippen molar-refractivity contribution in [1.29, 1.82) is 0 Å². The van der Waals surface area contributed by atoms with Crippen molar-refractivity contribution in [3.05, 3.63) is 157 Å². The van der Waals surface area contributed by atoms with Crippen molar-refractivity contribution in [3.8, 4) is 22.4 Å². The molecule has 4 aromatic carbocycles. The first-order valence-electron chi connectivity index (χ1n) is 14.0. The van der Waals surface area contributed by atoms with Crippen molar-refractivity contribution in [2.24, 2.45) is 0 Å². The van der Waals surface area contributed by atoms with Gasteiger partial charge in [-0.2, -0.15) is 0 Å². The molecule has 6 rings (SSSR count). The molecule has 0 saturated carbocycles. The lowest BCUT2D eigenvalue weighted by Gasteiger charge is -2.29. The van der Waals surface area contributed by atoms with Crippen molar-refractivity contribution in [3.63, 3.8) is 0 Å². The predicted octanol–water partition coefficient (Wildman–Crippen LogP) is 8.43. The van der Waals surface area contributed by atoms with Crippen LogP contribution in [0.4, 0.5) is 4.39 Å². The summed E-state index contributed by atoms with van der Waals surface area (Å²) in [6.07, 6.45) is 4.89. The molecule has 0 N–H and O–H groups in total. The van der Waals surface area contributed by atoms with Gasteiger partial charge in [0, 0.05) is 29.6 Å². The molecule has 41 heavy (non-hydrogen) atoms. The van der Waals surface area contributed by atoms with Crippen LogP contribution in [0.3, 0.4) is 0 Å². The van der Waals surface area contributed by atoms with Crippen LogP contribution in [-0.4, -0.2) is 9.55 Å². The maximum Gasteiger partial charge on any atom is 0.123 e. The number of hydrogen-bond acceptors (Lipinski definition) is 1. The number of aromatic nitrogens is 2. The van der Waals surface area contributed by atoms with Crippen LogP contribution in [0.15, 0.2) is 146 Å². The van der Waals surface area contributed by atoms with Gasteiger partial charge in [0.15, 0.2) is 0 Å². The van der Waals surface area contributed by atoms with Gasteiger partial charge in [0.05, 0.1) is 11.4 Å². The molecule has 0 aliphatic rings. The fourth-order valence-corrected chi connectivity index (χ4v) is 10.1. The molecular formula is C37H33FN2P+. The molecule has 202 valence electrons. The number of pyridine rings is 1. The Kier molecular flexibility index (Phi) is 7.63. The van der Waals surface area contributed by atoms with Gasteiger partial charge in [0.25, 0.3) is 0 Å². The Balaban J connectivity index is 1.70. The predicted molar refractivity (Wildman–Crippen MR) is 172 cm³/mol. The molecular weight excluding hydrogens is 522 g/mol. The van der Waals surface area contributed by atoms with Crippen LogP contribution in [0.1, 0.15) is 25.6 Å². The number of nitrogens with zero attached hydrogens (tertiary/aromatic N) is 2. The van der Waals surface area contributed by atoms with E-state index in [-0.39, 0.29) is 11.9 Å². The monoisotopic (exact) mass is 555 g/mol. The standard InChI is InChI=1S/C37H33FN2P/c1-28(2)40-26-34(35-20-12-13-25-39-35)37(29-21-23-30(38)24-22-29)36(40)27-41(31-14-6-3-7-15-31,32-16-8-4-9-17-32)33-18-10-5-11-19-33/h3-26,28H,27H2,1-2H3/q+1. The van der Waals surface area contributed by atoms with Crippen LogP contribution in [0.25, 0.3) is 22.4 Å². The molecule has 2 heterocycles. The van der Waals surface area contributed by atoms with Crippen LogP contribution in [0, 0.1) is 5.82 Å². The van der Waals surface area contributed by atoms with E-state index >= 15 is 0 Å². The van der Waals surface area contributed by atoms with Gasteiger partial charge >= 0.3 is 0 Å². The van der Waals surface area contributed by atoms with Crippen molar-refractivity contribution in [2.75, 3.05) is 0 Å². The zero-order valence-corrected chi connectivity index (χ0v) is 24.3.